The van der Waals surface area contributed by atoms with E-state index in [4.69, 9.17) is 4.55 Å². The van der Waals surface area contributed by atoms with Crippen LogP contribution in [0.25, 0.3) is 11.4 Å². The molecule has 1 aromatic heterocycles. The first kappa shape index (κ1) is 13.1. The summed E-state index contributed by atoms with van der Waals surface area (Å²) in [5.41, 5.74) is 1.38. The summed E-state index contributed by atoms with van der Waals surface area (Å²) in [6.07, 6.45) is 1.56. The zero-order valence-corrected chi connectivity index (χ0v) is 11.7. The van der Waals surface area contributed by atoms with E-state index >= 15 is 0 Å². The fourth-order valence-electron chi connectivity index (χ4n) is 1.47. The van der Waals surface area contributed by atoms with Crippen LogP contribution in [0.1, 0.15) is 5.56 Å². The number of hydrogen-bond acceptors (Lipinski definition) is 4. The van der Waals surface area contributed by atoms with E-state index < -0.39 is 10.1 Å². The van der Waals surface area contributed by atoms with Crippen molar-refractivity contribution >= 4 is 26.0 Å². The van der Waals surface area contributed by atoms with Crippen LogP contribution in [0, 0.1) is 6.92 Å². The summed E-state index contributed by atoms with van der Waals surface area (Å²) in [4.78, 5) is 8.06. The van der Waals surface area contributed by atoms with Gasteiger partial charge in [-0.25, -0.2) is 9.97 Å². The van der Waals surface area contributed by atoms with Crippen molar-refractivity contribution in [2.24, 2.45) is 0 Å². The Morgan fingerprint density at radius 1 is 1.28 bits per heavy atom. The molecule has 5 nitrogen and oxygen atoms in total. The maximum atomic E-state index is 11.1. The molecule has 0 unspecified atom stereocenters. The van der Waals surface area contributed by atoms with E-state index in [0.29, 0.717) is 16.0 Å². The average molecular weight is 329 g/mol. The number of hydrogen-bond donors (Lipinski definition) is 1. The smallest absolute Gasteiger partial charge is 0.282 e. The van der Waals surface area contributed by atoms with E-state index in [0.717, 1.165) is 5.56 Å². The molecule has 0 saturated carbocycles. The predicted octanol–water partition coefficient (Wildman–Crippen LogP) is 2.46. The topological polar surface area (TPSA) is 80.2 Å². The number of aromatic nitrogens is 2. The molecule has 18 heavy (non-hydrogen) atoms. The predicted molar refractivity (Wildman–Crippen MR) is 69.7 cm³/mol. The van der Waals surface area contributed by atoms with Gasteiger partial charge >= 0.3 is 0 Å². The van der Waals surface area contributed by atoms with Crippen molar-refractivity contribution in [3.8, 4) is 11.4 Å². The third-order valence-corrected chi connectivity index (χ3v) is 3.66. The quantitative estimate of drug-likeness (QED) is 0.676. The maximum absolute atomic E-state index is 11.1. The molecule has 1 aromatic carbocycles. The zero-order valence-electron chi connectivity index (χ0n) is 9.33. The summed E-state index contributed by atoms with van der Waals surface area (Å²) in [7, 11) is -4.23. The van der Waals surface area contributed by atoms with Crippen LogP contribution in [0.5, 0.6) is 0 Å². The van der Waals surface area contributed by atoms with E-state index in [1.165, 1.54) is 12.1 Å². The molecular formula is C11H9BrN2O3S. The van der Waals surface area contributed by atoms with Crippen molar-refractivity contribution < 1.29 is 13.0 Å². The number of benzene rings is 1. The number of nitrogens with zero attached hydrogens (tertiary/aromatic N) is 2. The molecule has 1 heterocycles. The van der Waals surface area contributed by atoms with Gasteiger partial charge in [0, 0.05) is 11.8 Å². The maximum Gasteiger partial charge on any atom is 0.294 e. The Labute approximate surface area is 113 Å². The van der Waals surface area contributed by atoms with Gasteiger partial charge < -0.3 is 0 Å². The van der Waals surface area contributed by atoms with Crippen LogP contribution in [0.4, 0.5) is 0 Å². The minimum atomic E-state index is -4.23. The Bertz CT molecular complexity index is 701. The third-order valence-electron chi connectivity index (χ3n) is 2.37. The van der Waals surface area contributed by atoms with Gasteiger partial charge in [0.05, 0.1) is 4.90 Å². The molecule has 0 aliphatic heterocycles. The summed E-state index contributed by atoms with van der Waals surface area (Å²) >= 11 is 3.22. The highest BCUT2D eigenvalue weighted by molar-refractivity contribution is 9.10. The molecule has 0 amide bonds. The highest BCUT2D eigenvalue weighted by atomic mass is 79.9. The molecule has 0 spiro atoms. The summed E-state index contributed by atoms with van der Waals surface area (Å²) < 4.78 is 31.8. The van der Waals surface area contributed by atoms with Crippen molar-refractivity contribution in [1.29, 1.82) is 0 Å². The van der Waals surface area contributed by atoms with Crippen molar-refractivity contribution in [3.05, 3.63) is 40.6 Å². The van der Waals surface area contributed by atoms with E-state index in [-0.39, 0.29) is 4.90 Å². The van der Waals surface area contributed by atoms with E-state index in [1.54, 1.807) is 18.3 Å². The van der Waals surface area contributed by atoms with Crippen LogP contribution in [0.15, 0.2) is 40.0 Å². The minimum absolute atomic E-state index is 0.174. The van der Waals surface area contributed by atoms with Gasteiger partial charge in [0.25, 0.3) is 10.1 Å². The van der Waals surface area contributed by atoms with Crippen LogP contribution in [-0.2, 0) is 10.1 Å². The molecular weight excluding hydrogens is 320 g/mol. The van der Waals surface area contributed by atoms with Gasteiger partial charge in [-0.05, 0) is 46.6 Å². The molecule has 0 bridgehead atoms. The van der Waals surface area contributed by atoms with Crippen molar-refractivity contribution in [2.45, 2.75) is 11.8 Å². The molecule has 1 N–H and O–H groups in total. The molecule has 0 saturated heterocycles. The van der Waals surface area contributed by atoms with Crippen molar-refractivity contribution in [2.75, 3.05) is 0 Å². The van der Waals surface area contributed by atoms with Crippen LogP contribution < -0.4 is 0 Å². The lowest BCUT2D eigenvalue weighted by molar-refractivity contribution is 0.483. The minimum Gasteiger partial charge on any atom is -0.282 e. The van der Waals surface area contributed by atoms with E-state index in [9.17, 15) is 8.42 Å². The normalized spacial score (nSPS) is 11.5. The van der Waals surface area contributed by atoms with E-state index in [2.05, 4.69) is 25.9 Å². The SMILES string of the molecule is Cc1ccc(S(=O)(=O)O)cc1-c1nccc(Br)n1. The molecule has 0 atom stereocenters. The van der Waals surface area contributed by atoms with Gasteiger partial charge in [-0.2, -0.15) is 8.42 Å². The van der Waals surface area contributed by atoms with Crippen LogP contribution in [-0.4, -0.2) is 22.9 Å². The Kier molecular flexibility index (Phi) is 3.47. The molecule has 0 radical (unpaired) electrons. The standard InChI is InChI=1S/C11H9BrN2O3S/c1-7-2-3-8(18(15,16)17)6-9(7)11-13-5-4-10(12)14-11/h2-6H,1H3,(H,15,16,17). The Morgan fingerprint density at radius 3 is 2.61 bits per heavy atom. The Hall–Kier alpha value is -1.31. The molecule has 7 heteroatoms. The first-order chi connectivity index (χ1) is 8.38. The Morgan fingerprint density at radius 2 is 2.00 bits per heavy atom. The second-order valence-electron chi connectivity index (χ2n) is 3.65. The summed E-state index contributed by atoms with van der Waals surface area (Å²) in [6.45, 7) is 1.81. The van der Waals surface area contributed by atoms with Gasteiger partial charge in [0.2, 0.25) is 0 Å². The number of halogens is 1. The first-order valence-electron chi connectivity index (χ1n) is 4.95. The van der Waals surface area contributed by atoms with Gasteiger partial charge in [0.15, 0.2) is 5.82 Å². The number of rotatable bonds is 2. The van der Waals surface area contributed by atoms with E-state index in [1.807, 2.05) is 6.92 Å². The second kappa shape index (κ2) is 4.75. The third kappa shape index (κ3) is 2.74. The molecule has 94 valence electrons. The van der Waals surface area contributed by atoms with Gasteiger partial charge in [-0.1, -0.05) is 6.07 Å². The van der Waals surface area contributed by atoms with Crippen LogP contribution in [0.3, 0.4) is 0 Å². The average Bonchev–Trinajstić information content (AvgIpc) is 2.28. The van der Waals surface area contributed by atoms with Gasteiger partial charge in [0.1, 0.15) is 4.60 Å². The lowest BCUT2D eigenvalue weighted by Crippen LogP contribution is -2.00. The second-order valence-corrected chi connectivity index (χ2v) is 5.89. The van der Waals surface area contributed by atoms with Crippen molar-refractivity contribution in [1.82, 2.24) is 9.97 Å². The Balaban J connectivity index is 2.64. The summed E-state index contributed by atoms with van der Waals surface area (Å²) in [5.74, 6) is 0.396. The molecule has 2 aromatic rings. The fraction of sp³-hybridized carbons (Fsp3) is 0.0909. The number of aryl methyl sites for hydroxylation is 1. The zero-order chi connectivity index (χ0) is 13.3. The van der Waals surface area contributed by atoms with Crippen molar-refractivity contribution in [3.63, 3.8) is 0 Å². The van der Waals surface area contributed by atoms with Gasteiger partial charge in [-0.15, -0.1) is 0 Å². The molecule has 2 rings (SSSR count). The molecule has 0 fully saturated rings. The van der Waals surface area contributed by atoms with Gasteiger partial charge in [-0.3, -0.25) is 4.55 Å². The molecule has 0 aliphatic rings. The van der Waals surface area contributed by atoms with Crippen LogP contribution in [0.2, 0.25) is 0 Å². The fourth-order valence-corrected chi connectivity index (χ4v) is 2.26. The lowest BCUT2D eigenvalue weighted by Gasteiger charge is -2.06. The summed E-state index contributed by atoms with van der Waals surface area (Å²) in [6, 6.07) is 5.97. The van der Waals surface area contributed by atoms with Crippen LogP contribution >= 0.6 is 15.9 Å². The first-order valence-corrected chi connectivity index (χ1v) is 7.18. The largest absolute Gasteiger partial charge is 0.294 e. The highest BCUT2D eigenvalue weighted by Gasteiger charge is 2.13. The summed E-state index contributed by atoms with van der Waals surface area (Å²) in [5, 5.41) is 0. The molecule has 0 aliphatic carbocycles. The monoisotopic (exact) mass is 328 g/mol. The highest BCUT2D eigenvalue weighted by Crippen LogP contribution is 2.24. The lowest BCUT2D eigenvalue weighted by atomic mass is 10.1.